The zero-order valence-electron chi connectivity index (χ0n) is 24.1. The van der Waals surface area contributed by atoms with E-state index in [0.717, 1.165) is 6.07 Å². The van der Waals surface area contributed by atoms with Gasteiger partial charge in [0.2, 0.25) is 21.8 Å². The van der Waals surface area contributed by atoms with Gasteiger partial charge < -0.3 is 10.1 Å². The first-order valence-corrected chi connectivity index (χ1v) is 15.5. The minimum absolute atomic E-state index is 0.0335. The molecule has 0 fully saturated rings. The number of pyridine rings is 1. The number of sulfonamides is 1. The van der Waals surface area contributed by atoms with Crippen molar-refractivity contribution in [3.8, 4) is 11.6 Å². The van der Waals surface area contributed by atoms with Crippen LogP contribution in [0.4, 0.5) is 36.4 Å². The molecule has 1 N–H and O–H groups in total. The zero-order chi connectivity index (χ0) is 34.3. The monoisotopic (exact) mass is 701 g/mol. The van der Waals surface area contributed by atoms with E-state index in [1.807, 2.05) is 0 Å². The second-order valence-electron chi connectivity index (χ2n) is 10.6. The van der Waals surface area contributed by atoms with Crippen molar-refractivity contribution in [1.82, 2.24) is 9.29 Å². The van der Waals surface area contributed by atoms with Gasteiger partial charge in [0.15, 0.2) is 0 Å². The summed E-state index contributed by atoms with van der Waals surface area (Å²) < 4.78 is 125. The molecule has 7 nitrogen and oxygen atoms in total. The average molecular weight is 702 g/mol. The molecule has 0 radical (unpaired) electrons. The van der Waals surface area contributed by atoms with Crippen LogP contribution in [-0.4, -0.2) is 30.2 Å². The van der Waals surface area contributed by atoms with Crippen molar-refractivity contribution in [2.45, 2.75) is 43.6 Å². The Labute approximate surface area is 269 Å². The number of carbonyl (C=O) groups is 1. The van der Waals surface area contributed by atoms with E-state index in [4.69, 9.17) is 16.3 Å². The number of benzene rings is 3. The van der Waals surface area contributed by atoms with Crippen LogP contribution in [0.1, 0.15) is 33.4 Å². The molecule has 4 aromatic rings. The smallest absolute Gasteiger partial charge is 0.419 e. The molecule has 1 aromatic heterocycles. The molecule has 16 heteroatoms. The second-order valence-corrected chi connectivity index (χ2v) is 12.9. The molecule has 0 saturated heterocycles. The SMILES string of the molecule is Cc1ccc2c(c1NC(=O)Cc1ccc(C(F)(F)F)c(F)c1)CCN(S(=O)(=O)c1ccc(Oc3ncc(C(F)(F)F)cc3Cl)cc1)C2. The quantitative estimate of drug-likeness (QED) is 0.198. The number of nitrogens with zero attached hydrogens (tertiary/aromatic N) is 2. The Hall–Kier alpha value is -4.21. The third kappa shape index (κ3) is 7.52. The van der Waals surface area contributed by atoms with Gasteiger partial charge in [0.1, 0.15) is 16.6 Å². The second kappa shape index (κ2) is 12.8. The maximum Gasteiger partial charge on any atom is 0.419 e. The number of amides is 1. The maximum atomic E-state index is 14.0. The summed E-state index contributed by atoms with van der Waals surface area (Å²) in [5.41, 5.74) is -0.0305. The highest BCUT2D eigenvalue weighted by atomic mass is 35.5. The van der Waals surface area contributed by atoms with Crippen LogP contribution in [0.2, 0.25) is 5.02 Å². The summed E-state index contributed by atoms with van der Waals surface area (Å²) in [6.45, 7) is 1.75. The van der Waals surface area contributed by atoms with E-state index in [-0.39, 0.29) is 53.0 Å². The predicted octanol–water partition coefficient (Wildman–Crippen LogP) is 7.94. The van der Waals surface area contributed by atoms with Gasteiger partial charge >= 0.3 is 12.4 Å². The van der Waals surface area contributed by atoms with Gasteiger partial charge in [-0.2, -0.15) is 30.6 Å². The van der Waals surface area contributed by atoms with E-state index >= 15 is 0 Å². The van der Waals surface area contributed by atoms with Crippen molar-refractivity contribution >= 4 is 33.2 Å². The van der Waals surface area contributed by atoms with E-state index in [9.17, 15) is 43.9 Å². The Bertz CT molecular complexity index is 1950. The van der Waals surface area contributed by atoms with Gasteiger partial charge in [0.25, 0.3) is 0 Å². The first-order valence-electron chi connectivity index (χ1n) is 13.7. The molecule has 1 aliphatic rings. The highest BCUT2D eigenvalue weighted by Gasteiger charge is 2.35. The molecule has 0 atom stereocenters. The van der Waals surface area contributed by atoms with Crippen molar-refractivity contribution in [3.05, 3.63) is 111 Å². The number of hydrogen-bond donors (Lipinski definition) is 1. The lowest BCUT2D eigenvalue weighted by atomic mass is 9.95. The summed E-state index contributed by atoms with van der Waals surface area (Å²) in [5, 5.41) is 2.35. The van der Waals surface area contributed by atoms with Crippen LogP contribution in [0, 0.1) is 12.7 Å². The van der Waals surface area contributed by atoms with E-state index in [1.165, 1.54) is 28.6 Å². The maximum absolute atomic E-state index is 14.0. The number of halogens is 8. The van der Waals surface area contributed by atoms with E-state index in [2.05, 4.69) is 10.3 Å². The molecule has 47 heavy (non-hydrogen) atoms. The summed E-state index contributed by atoms with van der Waals surface area (Å²) in [4.78, 5) is 16.3. The number of aryl methyl sites for hydroxylation is 1. The van der Waals surface area contributed by atoms with Crippen LogP contribution in [-0.2, 0) is 46.6 Å². The molecule has 0 bridgehead atoms. The van der Waals surface area contributed by atoms with Crippen molar-refractivity contribution in [2.24, 2.45) is 0 Å². The number of carbonyl (C=O) groups excluding carboxylic acids is 1. The molecule has 1 aliphatic heterocycles. The fourth-order valence-corrected chi connectivity index (χ4v) is 6.61. The molecule has 0 aliphatic carbocycles. The number of hydrogen-bond acceptors (Lipinski definition) is 5. The predicted molar refractivity (Wildman–Crippen MR) is 157 cm³/mol. The standard InChI is InChI=1S/C31H23ClF7N3O4S/c1-17-2-4-19-16-42(11-10-23(19)28(17)41-27(43)13-18-3-9-24(26(33)12-18)31(37,38)39)47(44,45)22-7-5-21(6-8-22)46-29-25(32)14-20(15-40-29)30(34,35)36/h2-9,12,14-15H,10-11,13,16H2,1H3,(H,41,43). The van der Waals surface area contributed by atoms with Gasteiger partial charge in [-0.1, -0.05) is 29.8 Å². The van der Waals surface area contributed by atoms with E-state index < -0.39 is 45.2 Å². The number of aromatic nitrogens is 1. The number of fused-ring (bicyclic) bond motifs is 1. The van der Waals surface area contributed by atoms with Crippen LogP contribution in [0.25, 0.3) is 0 Å². The normalized spacial score (nSPS) is 14.1. The van der Waals surface area contributed by atoms with Gasteiger partial charge in [-0.05, 0) is 78.1 Å². The van der Waals surface area contributed by atoms with Gasteiger partial charge in [-0.15, -0.1) is 0 Å². The number of rotatable bonds is 7. The van der Waals surface area contributed by atoms with Crippen LogP contribution in [0.15, 0.2) is 71.8 Å². The summed E-state index contributed by atoms with van der Waals surface area (Å²) in [6.07, 6.45) is -9.11. The highest BCUT2D eigenvalue weighted by molar-refractivity contribution is 7.89. The van der Waals surface area contributed by atoms with Crippen molar-refractivity contribution < 1.29 is 48.7 Å². The average Bonchev–Trinajstić information content (AvgIpc) is 2.98. The summed E-state index contributed by atoms with van der Waals surface area (Å²) >= 11 is 5.88. The number of ether oxygens (including phenoxy) is 1. The minimum Gasteiger partial charge on any atom is -0.438 e. The van der Waals surface area contributed by atoms with Crippen molar-refractivity contribution in [1.29, 1.82) is 0 Å². The van der Waals surface area contributed by atoms with Crippen molar-refractivity contribution in [2.75, 3.05) is 11.9 Å². The van der Waals surface area contributed by atoms with Gasteiger partial charge in [-0.25, -0.2) is 17.8 Å². The Morgan fingerprint density at radius 3 is 2.32 bits per heavy atom. The zero-order valence-corrected chi connectivity index (χ0v) is 25.7. The molecular formula is C31H23ClF7N3O4S. The Balaban J connectivity index is 1.27. The fraction of sp³-hybridized carbons (Fsp3) is 0.226. The number of anilines is 1. The molecule has 0 saturated carbocycles. The third-order valence-corrected chi connectivity index (χ3v) is 9.49. The van der Waals surface area contributed by atoms with Gasteiger partial charge in [-0.3, -0.25) is 4.79 Å². The lowest BCUT2D eigenvalue weighted by Gasteiger charge is -2.30. The molecule has 2 heterocycles. The number of nitrogens with one attached hydrogen (secondary N) is 1. The minimum atomic E-state index is -4.87. The lowest BCUT2D eigenvalue weighted by molar-refractivity contribution is -0.140. The first kappa shape index (κ1) is 34.1. The molecule has 5 rings (SSSR count). The van der Waals surface area contributed by atoms with Crippen molar-refractivity contribution in [3.63, 3.8) is 0 Å². The molecule has 3 aromatic carbocycles. The Morgan fingerprint density at radius 2 is 1.70 bits per heavy atom. The third-order valence-electron chi connectivity index (χ3n) is 7.35. The van der Waals surface area contributed by atoms with Gasteiger partial charge in [0, 0.05) is 25.0 Å². The van der Waals surface area contributed by atoms with Crippen LogP contribution < -0.4 is 10.1 Å². The fourth-order valence-electron chi connectivity index (χ4n) is 4.99. The summed E-state index contributed by atoms with van der Waals surface area (Å²) in [7, 11) is -4.02. The summed E-state index contributed by atoms with van der Waals surface area (Å²) in [5.74, 6) is -2.30. The highest BCUT2D eigenvalue weighted by Crippen LogP contribution is 2.36. The summed E-state index contributed by atoms with van der Waals surface area (Å²) in [6, 6.07) is 11.5. The van der Waals surface area contributed by atoms with E-state index in [0.29, 0.717) is 46.8 Å². The first-order chi connectivity index (χ1) is 21.9. The molecule has 248 valence electrons. The van der Waals surface area contributed by atoms with Crippen LogP contribution in [0.5, 0.6) is 11.6 Å². The number of alkyl halides is 6. The Morgan fingerprint density at radius 1 is 1.00 bits per heavy atom. The topological polar surface area (TPSA) is 88.6 Å². The van der Waals surface area contributed by atoms with Crippen LogP contribution >= 0.6 is 11.6 Å². The van der Waals surface area contributed by atoms with Gasteiger partial charge in [0.05, 0.1) is 22.4 Å². The van der Waals surface area contributed by atoms with Crippen LogP contribution in [0.3, 0.4) is 0 Å². The Kier molecular flexibility index (Phi) is 9.27. The molecule has 1 amide bonds. The largest absolute Gasteiger partial charge is 0.438 e. The van der Waals surface area contributed by atoms with E-state index in [1.54, 1.807) is 19.1 Å². The molecule has 0 unspecified atom stereocenters. The molecular weight excluding hydrogens is 679 g/mol. The lowest BCUT2D eigenvalue weighted by Crippen LogP contribution is -2.36. The molecule has 0 spiro atoms.